The molecule has 3 fully saturated rings. The molecule has 0 amide bonds. The fourth-order valence-corrected chi connectivity index (χ4v) is 8.56. The first-order valence-corrected chi connectivity index (χ1v) is 12.8. The molecule has 0 radical (unpaired) electrons. The van der Waals surface area contributed by atoms with Crippen LogP contribution >= 0.6 is 0 Å². The monoisotopic (exact) mass is 414 g/mol. The Bertz CT molecular complexity index is 1010. The van der Waals surface area contributed by atoms with Crippen LogP contribution < -0.4 is 0 Å². The lowest BCUT2D eigenvalue weighted by Crippen LogP contribution is -2.49. The highest BCUT2D eigenvalue weighted by Crippen LogP contribution is 2.64. The molecule has 0 saturated heterocycles. The minimum atomic E-state index is 0.366. The van der Waals surface area contributed by atoms with Crippen LogP contribution in [0.1, 0.15) is 63.9 Å². The van der Waals surface area contributed by atoms with Gasteiger partial charge in [-0.1, -0.05) is 25.1 Å². The van der Waals surface area contributed by atoms with Crippen molar-refractivity contribution in [3.05, 3.63) is 48.3 Å². The van der Waals surface area contributed by atoms with Crippen molar-refractivity contribution in [2.45, 2.75) is 64.3 Å². The summed E-state index contributed by atoms with van der Waals surface area (Å²) >= 11 is 0. The number of hydrogen-bond donors (Lipinski definition) is 0. The molecule has 2 nitrogen and oxygen atoms in total. The van der Waals surface area contributed by atoms with Crippen LogP contribution in [0.4, 0.5) is 0 Å². The van der Waals surface area contributed by atoms with E-state index >= 15 is 0 Å². The molecule has 0 bridgehead atoms. The van der Waals surface area contributed by atoms with Gasteiger partial charge in [0.25, 0.3) is 0 Å². The van der Waals surface area contributed by atoms with E-state index in [1.807, 2.05) is 12.4 Å². The average molecular weight is 415 g/mol. The Hall–Kier alpha value is -1.67. The molecule has 6 rings (SSSR count). The number of rotatable bonds is 2. The van der Waals surface area contributed by atoms with Crippen molar-refractivity contribution in [2.75, 3.05) is 14.1 Å². The molecule has 7 atom stereocenters. The average Bonchev–Trinajstić information content (AvgIpc) is 3.15. The van der Waals surface area contributed by atoms with Crippen molar-refractivity contribution in [1.29, 1.82) is 0 Å². The summed E-state index contributed by atoms with van der Waals surface area (Å²) in [6, 6.07) is 10.0. The maximum atomic E-state index is 4.37. The minimum Gasteiger partial charge on any atom is -0.306 e. The lowest BCUT2D eigenvalue weighted by Gasteiger charge is -2.56. The number of hydrogen-bond acceptors (Lipinski definition) is 2. The Balaban J connectivity index is 1.25. The molecular weight excluding hydrogens is 376 g/mol. The fourth-order valence-electron chi connectivity index (χ4n) is 8.56. The number of pyridine rings is 1. The third kappa shape index (κ3) is 3.12. The van der Waals surface area contributed by atoms with E-state index in [9.17, 15) is 0 Å². The van der Waals surface area contributed by atoms with Crippen LogP contribution in [-0.4, -0.2) is 30.0 Å². The van der Waals surface area contributed by atoms with Gasteiger partial charge in [0.2, 0.25) is 0 Å². The third-order valence-corrected chi connectivity index (χ3v) is 10.2. The molecule has 1 aromatic carbocycles. The predicted molar refractivity (Wildman–Crippen MR) is 130 cm³/mol. The van der Waals surface area contributed by atoms with E-state index in [1.54, 1.807) is 5.57 Å². The van der Waals surface area contributed by atoms with Crippen molar-refractivity contribution >= 4 is 16.3 Å². The largest absolute Gasteiger partial charge is 0.306 e. The Labute approximate surface area is 188 Å². The van der Waals surface area contributed by atoms with Crippen LogP contribution in [-0.2, 0) is 0 Å². The highest BCUT2D eigenvalue weighted by atomic mass is 15.1. The van der Waals surface area contributed by atoms with Gasteiger partial charge in [-0.3, -0.25) is 4.98 Å². The van der Waals surface area contributed by atoms with Gasteiger partial charge in [0.1, 0.15) is 0 Å². The van der Waals surface area contributed by atoms with Crippen molar-refractivity contribution < 1.29 is 0 Å². The second kappa shape index (κ2) is 7.44. The van der Waals surface area contributed by atoms with Gasteiger partial charge in [0.15, 0.2) is 0 Å². The van der Waals surface area contributed by atoms with Gasteiger partial charge < -0.3 is 4.90 Å². The van der Waals surface area contributed by atoms with Gasteiger partial charge in [-0.05, 0) is 129 Å². The second-order valence-electron chi connectivity index (χ2n) is 11.6. The Kier molecular flexibility index (Phi) is 4.79. The lowest BCUT2D eigenvalue weighted by atomic mass is 9.49. The van der Waals surface area contributed by atoms with Gasteiger partial charge >= 0.3 is 0 Å². The Morgan fingerprint density at radius 3 is 2.68 bits per heavy atom. The number of benzene rings is 1. The molecule has 2 heteroatoms. The third-order valence-electron chi connectivity index (χ3n) is 10.2. The normalized spacial score (nSPS) is 39.7. The maximum absolute atomic E-state index is 4.37. The van der Waals surface area contributed by atoms with E-state index in [0.717, 1.165) is 35.6 Å². The van der Waals surface area contributed by atoms with Crippen molar-refractivity contribution in [1.82, 2.24) is 9.88 Å². The molecule has 0 aliphatic heterocycles. The Morgan fingerprint density at radius 2 is 1.81 bits per heavy atom. The molecule has 1 heterocycles. The molecule has 0 spiro atoms. The quantitative estimate of drug-likeness (QED) is 0.536. The van der Waals surface area contributed by atoms with E-state index in [4.69, 9.17) is 0 Å². The molecular formula is C29H38N2. The number of fused-ring (bicyclic) bond motifs is 6. The summed E-state index contributed by atoms with van der Waals surface area (Å²) in [5.41, 5.74) is 3.45. The van der Waals surface area contributed by atoms with E-state index < -0.39 is 0 Å². The Morgan fingerprint density at radius 1 is 0.935 bits per heavy atom. The zero-order valence-corrected chi connectivity index (χ0v) is 19.6. The van der Waals surface area contributed by atoms with Crippen LogP contribution in [0.2, 0.25) is 0 Å². The van der Waals surface area contributed by atoms with Crippen LogP contribution in [0.5, 0.6) is 0 Å². The number of nitrogens with zero attached hydrogens (tertiary/aromatic N) is 2. The molecule has 1 aromatic heterocycles. The molecule has 0 N–H and O–H groups in total. The van der Waals surface area contributed by atoms with Crippen molar-refractivity contribution in [2.24, 2.45) is 35.0 Å². The zero-order valence-electron chi connectivity index (χ0n) is 19.6. The summed E-state index contributed by atoms with van der Waals surface area (Å²) in [7, 11) is 4.58. The molecule has 2 aromatic rings. The first kappa shape index (κ1) is 20.0. The molecule has 164 valence electrons. The van der Waals surface area contributed by atoms with Crippen molar-refractivity contribution in [3.8, 4) is 0 Å². The van der Waals surface area contributed by atoms with E-state index in [1.165, 1.54) is 67.7 Å². The summed E-state index contributed by atoms with van der Waals surface area (Å²) in [5, 5.41) is 2.58. The summed E-state index contributed by atoms with van der Waals surface area (Å²) < 4.78 is 0. The van der Waals surface area contributed by atoms with E-state index in [-0.39, 0.29) is 0 Å². The smallest absolute Gasteiger partial charge is 0.0346 e. The van der Waals surface area contributed by atoms with Crippen LogP contribution in [0.15, 0.2) is 42.7 Å². The fraction of sp³-hybridized carbons (Fsp3) is 0.621. The summed E-state index contributed by atoms with van der Waals surface area (Å²) in [4.78, 5) is 6.86. The summed E-state index contributed by atoms with van der Waals surface area (Å²) in [6.07, 6.45) is 18.0. The number of aromatic nitrogens is 1. The summed E-state index contributed by atoms with van der Waals surface area (Å²) in [6.45, 7) is 2.61. The van der Waals surface area contributed by atoms with Gasteiger partial charge in [-0.2, -0.15) is 0 Å². The molecule has 4 aliphatic rings. The van der Waals surface area contributed by atoms with Gasteiger partial charge in [0, 0.05) is 23.8 Å². The molecule has 3 saturated carbocycles. The van der Waals surface area contributed by atoms with Gasteiger partial charge in [-0.25, -0.2) is 0 Å². The summed E-state index contributed by atoms with van der Waals surface area (Å²) in [5.74, 6) is 4.81. The highest BCUT2D eigenvalue weighted by molar-refractivity contribution is 5.86. The first-order chi connectivity index (χ1) is 15.0. The van der Waals surface area contributed by atoms with Crippen LogP contribution in [0, 0.1) is 35.0 Å². The van der Waals surface area contributed by atoms with Crippen molar-refractivity contribution in [3.63, 3.8) is 0 Å². The van der Waals surface area contributed by atoms with Gasteiger partial charge in [0.05, 0.1) is 0 Å². The second-order valence-corrected chi connectivity index (χ2v) is 11.6. The van der Waals surface area contributed by atoms with E-state index in [2.05, 4.69) is 61.2 Å². The highest BCUT2D eigenvalue weighted by Gasteiger charge is 2.54. The minimum absolute atomic E-state index is 0.366. The van der Waals surface area contributed by atoms with Gasteiger partial charge in [-0.15, -0.1) is 0 Å². The molecule has 31 heavy (non-hydrogen) atoms. The first-order valence-electron chi connectivity index (χ1n) is 12.8. The van der Waals surface area contributed by atoms with Crippen LogP contribution in [0.3, 0.4) is 0 Å². The molecule has 4 aliphatic carbocycles. The number of allylic oxidation sites excluding steroid dienone is 2. The predicted octanol–water partition coefficient (Wildman–Crippen LogP) is 6.81. The maximum Gasteiger partial charge on any atom is 0.0346 e. The van der Waals surface area contributed by atoms with Crippen LogP contribution in [0.25, 0.3) is 16.3 Å². The SMILES string of the molecule is CN(C)C1CCC2[C@@H](CCC3[C@@H]2CC[C@]2(C)C(c4ccc5ccncc5c4)=CC[C@@H]32)C1. The van der Waals surface area contributed by atoms with E-state index in [0.29, 0.717) is 5.41 Å². The zero-order chi connectivity index (χ0) is 21.2. The lowest BCUT2D eigenvalue weighted by molar-refractivity contribution is -0.0482. The standard InChI is InChI=1S/C29H38N2/c1-29-14-12-25-24-9-7-23(31(2)3)17-20(24)6-8-26(25)28(29)11-10-27(29)21-5-4-19-13-15-30-18-22(19)16-21/h4-5,10,13,15-16,18,20,23-26,28H,6-9,11-12,14,17H2,1-3H3/t20-,23?,24?,25+,26?,28-,29+/m0/s1. The molecule has 3 unspecified atom stereocenters. The topological polar surface area (TPSA) is 16.1 Å².